The summed E-state index contributed by atoms with van der Waals surface area (Å²) in [6.45, 7) is 3.95. The van der Waals surface area contributed by atoms with Gasteiger partial charge in [0, 0.05) is 12.1 Å². The van der Waals surface area contributed by atoms with E-state index in [1.165, 1.54) is 47.1 Å². The quantitative estimate of drug-likeness (QED) is 0.198. The zero-order valence-corrected chi connectivity index (χ0v) is 19.5. The van der Waals surface area contributed by atoms with E-state index < -0.39 is 16.8 Å². The second kappa shape index (κ2) is 9.89. The van der Waals surface area contributed by atoms with Crippen LogP contribution in [0.1, 0.15) is 36.2 Å². The van der Waals surface area contributed by atoms with Crippen LogP contribution in [-0.4, -0.2) is 44.5 Å². The summed E-state index contributed by atoms with van der Waals surface area (Å²) in [5, 5.41) is 26.2. The van der Waals surface area contributed by atoms with E-state index in [0.717, 1.165) is 11.1 Å². The molecule has 0 atom stereocenters. The average Bonchev–Trinajstić information content (AvgIpc) is 3.26. The molecule has 2 heterocycles. The number of rotatable bonds is 7. The summed E-state index contributed by atoms with van der Waals surface area (Å²) >= 11 is 1.26. The third-order valence-corrected chi connectivity index (χ3v) is 5.93. The summed E-state index contributed by atoms with van der Waals surface area (Å²) in [5.74, 6) is -1.11. The van der Waals surface area contributed by atoms with E-state index in [1.54, 1.807) is 19.1 Å². The number of nitro benzene ring substituents is 1. The smallest absolute Gasteiger partial charge is 0.343 e. The van der Waals surface area contributed by atoms with Gasteiger partial charge in [0.05, 0.1) is 22.7 Å². The number of hydrazone groups is 1. The maximum absolute atomic E-state index is 12.6. The lowest BCUT2D eigenvalue weighted by atomic mass is 10.1. The normalized spacial score (nSPS) is 16.1. The maximum atomic E-state index is 12.6. The number of nitrogens with zero attached hydrogens (tertiary/aromatic N) is 4. The van der Waals surface area contributed by atoms with Gasteiger partial charge in [-0.05, 0) is 54.9 Å². The largest absolute Gasteiger partial charge is 0.490 e. The highest BCUT2D eigenvalue weighted by molar-refractivity contribution is 8.26. The van der Waals surface area contributed by atoms with Gasteiger partial charge in [-0.15, -0.1) is 0 Å². The van der Waals surface area contributed by atoms with E-state index in [0.29, 0.717) is 17.2 Å². The molecule has 0 aromatic heterocycles. The van der Waals surface area contributed by atoms with Gasteiger partial charge >= 0.3 is 5.97 Å². The molecule has 4 rings (SSSR count). The average molecular weight is 494 g/mol. The van der Waals surface area contributed by atoms with E-state index >= 15 is 0 Å². The molecule has 0 saturated carbocycles. The van der Waals surface area contributed by atoms with Crippen molar-refractivity contribution in [2.24, 2.45) is 10.1 Å². The monoisotopic (exact) mass is 493 g/mol. The highest BCUT2D eigenvalue weighted by Crippen LogP contribution is 2.32. The molecule has 11 nitrogen and oxygen atoms in total. The van der Waals surface area contributed by atoms with Gasteiger partial charge in [0.25, 0.3) is 11.6 Å². The minimum absolute atomic E-state index is 0.0123. The van der Waals surface area contributed by atoms with Crippen LogP contribution < -0.4 is 9.47 Å². The number of hydrogen-bond acceptors (Lipinski definition) is 9. The Morgan fingerprint density at radius 3 is 2.74 bits per heavy atom. The molecular weight excluding hydrogens is 474 g/mol. The number of nitrogens with one attached hydrogen (secondary N) is 1. The molecule has 2 aromatic rings. The standard InChI is InChI=1S/C23H19N5O6S/c1-3-19-26-27-20(24)16(21(29)25-23(27)35-19)10-13-8-9-17(18(11-13)33-4-2)34-22(30)14-6-5-7-15(12-14)28(31)32/h5-12,24H,3-4H2,1-2H3. The van der Waals surface area contributed by atoms with Crippen molar-refractivity contribution in [3.05, 3.63) is 69.3 Å². The number of amides is 1. The van der Waals surface area contributed by atoms with Gasteiger partial charge in [0.2, 0.25) is 5.17 Å². The summed E-state index contributed by atoms with van der Waals surface area (Å²) in [4.78, 5) is 39.6. The molecular formula is C23H19N5O6S. The van der Waals surface area contributed by atoms with Crippen molar-refractivity contribution in [2.75, 3.05) is 6.61 Å². The summed E-state index contributed by atoms with van der Waals surface area (Å²) in [6.07, 6.45) is 2.15. The van der Waals surface area contributed by atoms with Gasteiger partial charge < -0.3 is 9.47 Å². The van der Waals surface area contributed by atoms with Crippen LogP contribution in [0.5, 0.6) is 11.5 Å². The lowest BCUT2D eigenvalue weighted by molar-refractivity contribution is -0.384. The Bertz CT molecular complexity index is 1350. The molecule has 0 radical (unpaired) electrons. The summed E-state index contributed by atoms with van der Waals surface area (Å²) in [6, 6.07) is 9.83. The molecule has 178 valence electrons. The van der Waals surface area contributed by atoms with Crippen molar-refractivity contribution in [2.45, 2.75) is 20.3 Å². The second-order valence-electron chi connectivity index (χ2n) is 7.20. The first-order valence-electron chi connectivity index (χ1n) is 10.5. The lowest BCUT2D eigenvalue weighted by Crippen LogP contribution is -2.35. The van der Waals surface area contributed by atoms with Crippen LogP contribution in [0.2, 0.25) is 0 Å². The fourth-order valence-corrected chi connectivity index (χ4v) is 4.04. The van der Waals surface area contributed by atoms with Crippen LogP contribution in [-0.2, 0) is 4.79 Å². The Hall–Kier alpha value is -4.32. The fraction of sp³-hybridized carbons (Fsp3) is 0.174. The number of nitro groups is 1. The Labute approximate surface area is 203 Å². The molecule has 12 heteroatoms. The number of aliphatic imine (C=N–C) groups is 1. The first kappa shape index (κ1) is 23.8. The molecule has 0 fully saturated rings. The third-order valence-electron chi connectivity index (χ3n) is 4.87. The van der Waals surface area contributed by atoms with Crippen molar-refractivity contribution < 1.29 is 24.0 Å². The molecule has 2 aromatic carbocycles. The Morgan fingerprint density at radius 1 is 1.23 bits per heavy atom. The second-order valence-corrected chi connectivity index (χ2v) is 8.24. The highest BCUT2D eigenvalue weighted by atomic mass is 32.2. The van der Waals surface area contributed by atoms with Crippen LogP contribution in [0.25, 0.3) is 6.08 Å². The highest BCUT2D eigenvalue weighted by Gasteiger charge is 2.35. The predicted molar refractivity (Wildman–Crippen MR) is 131 cm³/mol. The van der Waals surface area contributed by atoms with Crippen molar-refractivity contribution >= 4 is 51.4 Å². The molecule has 0 aliphatic carbocycles. The zero-order chi connectivity index (χ0) is 25.1. The molecule has 0 spiro atoms. The fourth-order valence-electron chi connectivity index (χ4n) is 3.21. The maximum Gasteiger partial charge on any atom is 0.343 e. The van der Waals surface area contributed by atoms with Crippen LogP contribution >= 0.6 is 11.8 Å². The number of benzene rings is 2. The van der Waals surface area contributed by atoms with E-state index in [4.69, 9.17) is 14.9 Å². The Morgan fingerprint density at radius 2 is 2.03 bits per heavy atom. The van der Waals surface area contributed by atoms with Crippen molar-refractivity contribution in [1.82, 2.24) is 5.01 Å². The van der Waals surface area contributed by atoms with Crippen molar-refractivity contribution in [3.63, 3.8) is 0 Å². The SMILES string of the molecule is CCOc1cc(C=C2C(=N)N3N=C(CC)SC3=NC2=O)ccc1OC(=O)c1cccc([N+](=O)[O-])c1. The number of hydrogen-bond donors (Lipinski definition) is 1. The van der Waals surface area contributed by atoms with E-state index in [-0.39, 0.29) is 40.8 Å². The van der Waals surface area contributed by atoms with Gasteiger partial charge in [-0.1, -0.05) is 19.1 Å². The van der Waals surface area contributed by atoms with Gasteiger partial charge in [0.15, 0.2) is 17.3 Å². The number of carbonyl (C=O) groups excluding carboxylic acids is 2. The summed E-state index contributed by atoms with van der Waals surface area (Å²) in [5.41, 5.74) is 0.350. The molecule has 0 unspecified atom stereocenters. The number of esters is 1. The van der Waals surface area contributed by atoms with Gasteiger partial charge in [-0.3, -0.25) is 20.3 Å². The summed E-state index contributed by atoms with van der Waals surface area (Å²) < 4.78 is 11.0. The molecule has 35 heavy (non-hydrogen) atoms. The van der Waals surface area contributed by atoms with E-state index in [9.17, 15) is 19.7 Å². The Kier molecular flexibility index (Phi) is 6.73. The van der Waals surface area contributed by atoms with Gasteiger partial charge in [-0.25, -0.2) is 4.79 Å². The minimum Gasteiger partial charge on any atom is -0.490 e. The zero-order valence-electron chi connectivity index (χ0n) is 18.7. The molecule has 1 amide bonds. The van der Waals surface area contributed by atoms with Crippen molar-refractivity contribution in [3.8, 4) is 11.5 Å². The lowest BCUT2D eigenvalue weighted by Gasteiger charge is -2.20. The third kappa shape index (κ3) is 4.96. The molecule has 2 aliphatic rings. The molecule has 2 aliphatic heterocycles. The number of ether oxygens (including phenoxy) is 2. The number of carbonyl (C=O) groups is 2. The summed E-state index contributed by atoms with van der Waals surface area (Å²) in [7, 11) is 0. The minimum atomic E-state index is -0.789. The number of amidine groups is 2. The molecule has 0 bridgehead atoms. The predicted octanol–water partition coefficient (Wildman–Crippen LogP) is 4.24. The van der Waals surface area contributed by atoms with E-state index in [2.05, 4.69) is 10.1 Å². The van der Waals surface area contributed by atoms with Crippen LogP contribution in [0.15, 0.2) is 58.1 Å². The van der Waals surface area contributed by atoms with Crippen LogP contribution in [0.4, 0.5) is 5.69 Å². The first-order chi connectivity index (χ1) is 16.8. The molecule has 1 N–H and O–H groups in total. The number of fused-ring (bicyclic) bond motifs is 1. The number of non-ortho nitro benzene ring substituents is 1. The van der Waals surface area contributed by atoms with Gasteiger partial charge in [-0.2, -0.15) is 15.1 Å². The molecule has 0 saturated heterocycles. The van der Waals surface area contributed by atoms with E-state index in [1.807, 2.05) is 6.92 Å². The van der Waals surface area contributed by atoms with Crippen molar-refractivity contribution in [1.29, 1.82) is 5.41 Å². The van der Waals surface area contributed by atoms with Gasteiger partial charge in [0.1, 0.15) is 5.04 Å². The van der Waals surface area contributed by atoms with Crippen LogP contribution in [0.3, 0.4) is 0 Å². The number of thioether (sulfide) groups is 1. The topological polar surface area (TPSA) is 148 Å². The first-order valence-corrected chi connectivity index (χ1v) is 11.3. The Balaban J connectivity index is 1.61. The van der Waals surface area contributed by atoms with Crippen LogP contribution in [0, 0.1) is 15.5 Å².